The van der Waals surface area contributed by atoms with E-state index >= 15 is 0 Å². The van der Waals surface area contributed by atoms with Crippen molar-refractivity contribution in [2.24, 2.45) is 0 Å². The molecular weight excluding hydrogens is 423 g/mol. The van der Waals surface area contributed by atoms with Crippen molar-refractivity contribution < 1.29 is 9.59 Å². The molecule has 0 unspecified atom stereocenters. The van der Waals surface area contributed by atoms with Crippen molar-refractivity contribution in [3.05, 3.63) is 45.6 Å². The number of amides is 2. The molecule has 0 saturated carbocycles. The van der Waals surface area contributed by atoms with Crippen LogP contribution in [0.3, 0.4) is 0 Å². The first-order valence-corrected chi connectivity index (χ1v) is 10.6. The number of hydrogen-bond acceptors (Lipinski definition) is 3. The standard InChI is InChI=1S/C22H30Cl2N4O2/c1-8-27(20(30)14-9-10-15(23)16(24)11-14)13-19(29)25-18-12-17(21(2,3)4)26-28(18)22(5,6)7/h9-12H,8,13H2,1-7H3,(H,25,29). The second kappa shape index (κ2) is 8.98. The van der Waals surface area contributed by atoms with Crippen LogP contribution in [-0.2, 0) is 15.7 Å². The SMILES string of the molecule is CCN(CC(=O)Nc1cc(C(C)(C)C)nn1C(C)(C)C)C(=O)c1ccc(Cl)c(Cl)c1. The molecule has 0 spiro atoms. The van der Waals surface area contributed by atoms with Crippen molar-refractivity contribution >= 4 is 40.8 Å². The summed E-state index contributed by atoms with van der Waals surface area (Å²) in [6.45, 7) is 14.4. The Morgan fingerprint density at radius 2 is 1.70 bits per heavy atom. The molecule has 0 radical (unpaired) electrons. The summed E-state index contributed by atoms with van der Waals surface area (Å²) in [5.74, 6) is 0.0255. The van der Waals surface area contributed by atoms with Crippen LogP contribution in [0.4, 0.5) is 5.82 Å². The number of benzene rings is 1. The van der Waals surface area contributed by atoms with Crippen LogP contribution in [-0.4, -0.2) is 39.6 Å². The number of rotatable bonds is 5. The summed E-state index contributed by atoms with van der Waals surface area (Å²) in [7, 11) is 0. The lowest BCUT2D eigenvalue weighted by molar-refractivity contribution is -0.116. The van der Waals surface area contributed by atoms with Crippen LogP contribution in [0.2, 0.25) is 10.0 Å². The Labute approximate surface area is 188 Å². The van der Waals surface area contributed by atoms with Gasteiger partial charge in [-0.2, -0.15) is 5.10 Å². The van der Waals surface area contributed by atoms with Crippen LogP contribution in [0.25, 0.3) is 0 Å². The van der Waals surface area contributed by atoms with E-state index < -0.39 is 0 Å². The Bertz CT molecular complexity index is 940. The molecule has 0 atom stereocenters. The molecule has 0 aliphatic carbocycles. The Balaban J connectivity index is 2.22. The Morgan fingerprint density at radius 3 is 2.20 bits per heavy atom. The van der Waals surface area contributed by atoms with Crippen molar-refractivity contribution in [2.45, 2.75) is 59.4 Å². The third-order valence-corrected chi connectivity index (χ3v) is 5.29. The van der Waals surface area contributed by atoms with Crippen LogP contribution >= 0.6 is 23.2 Å². The van der Waals surface area contributed by atoms with E-state index in [2.05, 4.69) is 26.1 Å². The number of carbonyl (C=O) groups is 2. The highest BCUT2D eigenvalue weighted by Gasteiger charge is 2.26. The van der Waals surface area contributed by atoms with Gasteiger partial charge in [0, 0.05) is 23.6 Å². The van der Waals surface area contributed by atoms with Crippen LogP contribution < -0.4 is 5.32 Å². The summed E-state index contributed by atoms with van der Waals surface area (Å²) in [5, 5.41) is 8.29. The summed E-state index contributed by atoms with van der Waals surface area (Å²) in [6, 6.07) is 6.57. The number of hydrogen-bond donors (Lipinski definition) is 1. The molecule has 1 N–H and O–H groups in total. The Kier molecular flexibility index (Phi) is 7.25. The molecule has 2 aromatic rings. The van der Waals surface area contributed by atoms with Gasteiger partial charge in [0.1, 0.15) is 12.4 Å². The molecule has 0 fully saturated rings. The maximum atomic E-state index is 12.8. The molecule has 6 nitrogen and oxygen atoms in total. The maximum absolute atomic E-state index is 12.8. The quantitative estimate of drug-likeness (QED) is 0.664. The molecular formula is C22H30Cl2N4O2. The Morgan fingerprint density at radius 1 is 1.07 bits per heavy atom. The molecule has 30 heavy (non-hydrogen) atoms. The van der Waals surface area contributed by atoms with Gasteiger partial charge in [0.05, 0.1) is 21.3 Å². The van der Waals surface area contributed by atoms with Crippen LogP contribution in [0, 0.1) is 0 Å². The number of anilines is 1. The van der Waals surface area contributed by atoms with E-state index in [0.717, 1.165) is 5.69 Å². The van der Waals surface area contributed by atoms with Crippen LogP contribution in [0.15, 0.2) is 24.3 Å². The topological polar surface area (TPSA) is 67.2 Å². The lowest BCUT2D eigenvalue weighted by Crippen LogP contribution is -2.38. The summed E-state index contributed by atoms with van der Waals surface area (Å²) in [6.07, 6.45) is 0. The highest BCUT2D eigenvalue weighted by molar-refractivity contribution is 6.42. The minimum atomic E-state index is -0.313. The fourth-order valence-corrected chi connectivity index (χ4v) is 3.14. The fourth-order valence-electron chi connectivity index (χ4n) is 2.84. The van der Waals surface area contributed by atoms with E-state index in [1.165, 1.54) is 11.0 Å². The van der Waals surface area contributed by atoms with Gasteiger partial charge >= 0.3 is 0 Å². The number of nitrogens with zero attached hydrogens (tertiary/aromatic N) is 3. The van der Waals surface area contributed by atoms with E-state index in [-0.39, 0.29) is 29.3 Å². The normalized spacial score (nSPS) is 12.0. The zero-order valence-corrected chi connectivity index (χ0v) is 20.1. The smallest absolute Gasteiger partial charge is 0.254 e. The molecule has 1 heterocycles. The minimum absolute atomic E-state index is 0.0875. The average molecular weight is 453 g/mol. The second-order valence-corrected chi connectivity index (χ2v) is 10.1. The number of halogens is 2. The second-order valence-electron chi connectivity index (χ2n) is 9.24. The number of aromatic nitrogens is 2. The molecule has 0 saturated heterocycles. The van der Waals surface area contributed by atoms with Crippen molar-refractivity contribution in [1.29, 1.82) is 0 Å². The minimum Gasteiger partial charge on any atom is -0.330 e. The van der Waals surface area contributed by atoms with E-state index in [9.17, 15) is 9.59 Å². The molecule has 1 aromatic heterocycles. The highest BCUT2D eigenvalue weighted by atomic mass is 35.5. The molecule has 8 heteroatoms. The van der Waals surface area contributed by atoms with Gasteiger partial charge in [0.25, 0.3) is 5.91 Å². The van der Waals surface area contributed by atoms with Crippen molar-refractivity contribution in [2.75, 3.05) is 18.4 Å². The molecule has 2 amide bonds. The summed E-state index contributed by atoms with van der Waals surface area (Å²) < 4.78 is 1.81. The predicted octanol–water partition coefficient (Wildman–Crippen LogP) is 5.34. The molecule has 1 aromatic carbocycles. The summed E-state index contributed by atoms with van der Waals surface area (Å²) >= 11 is 12.0. The van der Waals surface area contributed by atoms with Crippen molar-refractivity contribution in [3.8, 4) is 0 Å². The van der Waals surface area contributed by atoms with E-state index in [1.807, 2.05) is 38.4 Å². The lowest BCUT2D eigenvalue weighted by Gasteiger charge is -2.24. The van der Waals surface area contributed by atoms with E-state index in [0.29, 0.717) is 28.0 Å². The summed E-state index contributed by atoms with van der Waals surface area (Å²) in [4.78, 5) is 27.1. The van der Waals surface area contributed by atoms with Crippen molar-refractivity contribution in [1.82, 2.24) is 14.7 Å². The molecule has 0 bridgehead atoms. The molecule has 164 valence electrons. The third-order valence-electron chi connectivity index (χ3n) is 4.55. The zero-order chi connectivity index (χ0) is 22.9. The van der Waals surface area contributed by atoms with Gasteiger partial charge in [-0.15, -0.1) is 0 Å². The Hall–Kier alpha value is -2.05. The molecule has 2 rings (SSSR count). The largest absolute Gasteiger partial charge is 0.330 e. The number of likely N-dealkylation sites (N-methyl/N-ethyl adjacent to an activating group) is 1. The average Bonchev–Trinajstić information content (AvgIpc) is 3.06. The maximum Gasteiger partial charge on any atom is 0.254 e. The predicted molar refractivity (Wildman–Crippen MR) is 123 cm³/mol. The van der Waals surface area contributed by atoms with Gasteiger partial charge in [0.2, 0.25) is 5.91 Å². The number of nitrogens with one attached hydrogen (secondary N) is 1. The zero-order valence-electron chi connectivity index (χ0n) is 18.6. The van der Waals surface area contributed by atoms with Crippen LogP contribution in [0.1, 0.15) is 64.5 Å². The lowest BCUT2D eigenvalue weighted by atomic mass is 9.92. The first-order chi connectivity index (χ1) is 13.7. The van der Waals surface area contributed by atoms with Gasteiger partial charge < -0.3 is 10.2 Å². The van der Waals surface area contributed by atoms with Gasteiger partial charge in [-0.1, -0.05) is 44.0 Å². The number of carbonyl (C=O) groups excluding carboxylic acids is 2. The first kappa shape index (κ1) is 24.2. The monoisotopic (exact) mass is 452 g/mol. The molecule has 0 aliphatic heterocycles. The van der Waals surface area contributed by atoms with Gasteiger partial charge in [-0.3, -0.25) is 9.59 Å². The van der Waals surface area contributed by atoms with Crippen LogP contribution in [0.5, 0.6) is 0 Å². The van der Waals surface area contributed by atoms with E-state index in [4.69, 9.17) is 28.3 Å². The molecule has 0 aliphatic rings. The first-order valence-electron chi connectivity index (χ1n) is 9.89. The summed E-state index contributed by atoms with van der Waals surface area (Å²) in [5.41, 5.74) is 0.794. The van der Waals surface area contributed by atoms with Gasteiger partial charge in [-0.05, 0) is 45.9 Å². The van der Waals surface area contributed by atoms with Gasteiger partial charge in [0.15, 0.2) is 0 Å². The highest BCUT2D eigenvalue weighted by Crippen LogP contribution is 2.28. The van der Waals surface area contributed by atoms with E-state index in [1.54, 1.807) is 12.1 Å². The van der Waals surface area contributed by atoms with Gasteiger partial charge in [-0.25, -0.2) is 4.68 Å². The third kappa shape index (κ3) is 5.76. The fraction of sp³-hybridized carbons (Fsp3) is 0.500. The van der Waals surface area contributed by atoms with Crippen molar-refractivity contribution in [3.63, 3.8) is 0 Å².